The second-order valence-corrected chi connectivity index (χ2v) is 21.5. The van der Waals surface area contributed by atoms with Gasteiger partial charge in [-0.1, -0.05) is 177 Å². The van der Waals surface area contributed by atoms with Gasteiger partial charge in [-0.05, 0) is 131 Å². The van der Waals surface area contributed by atoms with Gasteiger partial charge < -0.3 is 23.8 Å². The molecule has 11 aromatic rings. The maximum absolute atomic E-state index is 2.67. The highest BCUT2D eigenvalue weighted by Crippen LogP contribution is 2.49. The largest absolute Gasteiger partial charge is 0.339 e. The van der Waals surface area contributed by atoms with E-state index < -0.39 is 0 Å². The van der Waals surface area contributed by atoms with Gasteiger partial charge in [0.25, 0.3) is 0 Å². The molecule has 3 heterocycles. The van der Waals surface area contributed by atoms with Crippen LogP contribution in [0.15, 0.2) is 206 Å². The number of fused-ring (bicyclic) bond motifs is 6. The van der Waals surface area contributed by atoms with Gasteiger partial charge in [0.2, 0.25) is 0 Å². The fourth-order valence-electron chi connectivity index (χ4n) is 12.1. The Morgan fingerprint density at radius 2 is 0.676 bits per heavy atom. The van der Waals surface area contributed by atoms with Crippen LogP contribution >= 0.6 is 0 Å². The molecule has 0 bridgehead atoms. The zero-order valence-corrected chi connectivity index (χ0v) is 44.1. The predicted octanol–water partition coefficient (Wildman–Crippen LogP) is 18.7. The summed E-state index contributed by atoms with van der Waals surface area (Å²) in [6.45, 7) is 20.5. The van der Waals surface area contributed by atoms with E-state index >= 15 is 0 Å². The van der Waals surface area contributed by atoms with Crippen LogP contribution in [0.1, 0.15) is 107 Å². The average Bonchev–Trinajstić information content (AvgIpc) is 4.11. The molecule has 1 aliphatic rings. The number of benzene rings is 9. The smallest absolute Gasteiger partial charge is 0.187 e. The summed E-state index contributed by atoms with van der Waals surface area (Å²) < 4.78 is 4.80. The van der Waals surface area contributed by atoms with Crippen molar-refractivity contribution in [2.75, 3.05) is 27.8 Å². The summed E-state index contributed by atoms with van der Waals surface area (Å²) >= 11 is 0. The summed E-state index contributed by atoms with van der Waals surface area (Å²) in [6.07, 6.45) is 1.25. The third-order valence-corrected chi connectivity index (χ3v) is 15.5. The molecule has 5 heteroatoms. The third-order valence-electron chi connectivity index (χ3n) is 15.5. The molecule has 0 unspecified atom stereocenters. The summed E-state index contributed by atoms with van der Waals surface area (Å²) in [4.78, 5) is 7.81. The van der Waals surface area contributed by atoms with Crippen LogP contribution in [-0.4, -0.2) is 22.2 Å². The second-order valence-electron chi connectivity index (χ2n) is 21.5. The van der Waals surface area contributed by atoms with Gasteiger partial charge in [-0.15, -0.1) is 0 Å². The van der Waals surface area contributed by atoms with Crippen molar-refractivity contribution in [2.24, 2.45) is 0 Å². The van der Waals surface area contributed by atoms with Gasteiger partial charge in [-0.25, -0.2) is 0 Å². The molecule has 0 atom stereocenters. The summed E-state index contributed by atoms with van der Waals surface area (Å²) in [7, 11) is 0. The number of anilines is 5. The number of nitrogens with zero attached hydrogens (tertiary/aromatic N) is 5. The highest BCUT2D eigenvalue weighted by atomic mass is 15.4. The van der Waals surface area contributed by atoms with Gasteiger partial charge in [-0.2, -0.15) is 0 Å². The van der Waals surface area contributed by atoms with Gasteiger partial charge in [0, 0.05) is 80.0 Å². The summed E-state index contributed by atoms with van der Waals surface area (Å²) in [5, 5.41) is 4.89. The van der Waals surface area contributed by atoms with E-state index in [-0.39, 0.29) is 0 Å². The van der Waals surface area contributed by atoms with E-state index in [0.29, 0.717) is 23.7 Å². The molecule has 12 rings (SSSR count). The molecule has 367 valence electrons. The monoisotopic (exact) mass is 965 g/mol. The lowest BCUT2D eigenvalue weighted by Gasteiger charge is -2.37. The van der Waals surface area contributed by atoms with Crippen LogP contribution in [-0.2, 0) is 0 Å². The van der Waals surface area contributed by atoms with E-state index in [2.05, 4.69) is 285 Å². The van der Waals surface area contributed by atoms with Crippen LogP contribution in [0.2, 0.25) is 0 Å². The molecule has 9 aromatic carbocycles. The molecular formula is C69H66N5. The Labute approximate surface area is 437 Å². The first kappa shape index (κ1) is 47.0. The van der Waals surface area contributed by atoms with Crippen LogP contribution in [0.3, 0.4) is 0 Å². The highest BCUT2D eigenvalue weighted by Gasteiger charge is 2.40. The van der Waals surface area contributed by atoms with Gasteiger partial charge in [0.05, 0.1) is 22.1 Å². The fraction of sp³-hybridized carbons (Fsp3) is 0.203. The van der Waals surface area contributed by atoms with Crippen LogP contribution in [0, 0.1) is 6.17 Å². The second kappa shape index (κ2) is 19.1. The summed E-state index contributed by atoms with van der Waals surface area (Å²) in [5.74, 6) is 1.45. The zero-order valence-electron chi connectivity index (χ0n) is 44.1. The minimum Gasteiger partial charge on any atom is -0.339 e. The topological polar surface area (TPSA) is 19.6 Å². The standard InChI is InChI=1S/C69H66N5/c1-45(2)55-27-19-28-56(46(3)4)67(55)70-41-42-71(68-57(47(5)6)29-20-30-58(68)48(7)8)69(70)49-33-35-52(36-34-49)72(53-37-39-65-61(43-53)59-25-15-17-31-63(59)73(65)50-21-11-9-12-22-50)54-38-40-66-62(44-54)60-26-16-18-32-64(60)74(66)51-23-13-10-14-24-51/h9-40,43-48H,41-42H2,1-8H3. The van der Waals surface area contributed by atoms with Gasteiger partial charge in [-0.3, -0.25) is 0 Å². The molecule has 1 radical (unpaired) electrons. The van der Waals surface area contributed by atoms with Crippen molar-refractivity contribution in [3.05, 3.63) is 240 Å². The zero-order chi connectivity index (χ0) is 50.8. The predicted molar refractivity (Wildman–Crippen MR) is 316 cm³/mol. The molecule has 0 saturated carbocycles. The van der Waals surface area contributed by atoms with Crippen molar-refractivity contribution in [1.29, 1.82) is 0 Å². The summed E-state index contributed by atoms with van der Waals surface area (Å²) in [6, 6.07) is 76.7. The quantitative estimate of drug-likeness (QED) is 0.122. The molecule has 74 heavy (non-hydrogen) atoms. The Morgan fingerprint density at radius 3 is 1.07 bits per heavy atom. The number of aromatic nitrogens is 2. The van der Waals surface area contributed by atoms with Gasteiger partial charge in [0.1, 0.15) is 0 Å². The van der Waals surface area contributed by atoms with Gasteiger partial charge in [0.15, 0.2) is 6.17 Å². The molecule has 0 N–H and O–H groups in total. The van der Waals surface area contributed by atoms with Crippen molar-refractivity contribution < 1.29 is 0 Å². The average molecular weight is 965 g/mol. The summed E-state index contributed by atoms with van der Waals surface area (Å²) in [5.41, 5.74) is 19.9. The van der Waals surface area contributed by atoms with E-state index in [1.165, 1.54) is 89.0 Å². The Hall–Kier alpha value is -8.02. The fourth-order valence-corrected chi connectivity index (χ4v) is 12.1. The molecule has 2 aromatic heterocycles. The third kappa shape index (κ3) is 7.92. The molecule has 0 spiro atoms. The molecular weight excluding hydrogens is 899 g/mol. The molecule has 1 fully saturated rings. The number of hydrogen-bond acceptors (Lipinski definition) is 3. The Bertz CT molecular complexity index is 3540. The molecule has 1 saturated heterocycles. The van der Waals surface area contributed by atoms with Crippen molar-refractivity contribution in [3.63, 3.8) is 0 Å². The first-order valence-corrected chi connectivity index (χ1v) is 26.8. The Balaban J connectivity index is 1.07. The highest BCUT2D eigenvalue weighted by molar-refractivity contribution is 6.12. The van der Waals surface area contributed by atoms with Crippen molar-refractivity contribution in [3.8, 4) is 11.4 Å². The van der Waals surface area contributed by atoms with E-state index in [1.54, 1.807) is 0 Å². The van der Waals surface area contributed by atoms with Crippen LogP contribution in [0.25, 0.3) is 55.0 Å². The van der Waals surface area contributed by atoms with Crippen molar-refractivity contribution in [1.82, 2.24) is 9.13 Å². The maximum atomic E-state index is 2.67. The minimum absolute atomic E-state index is 0.363. The van der Waals surface area contributed by atoms with E-state index in [4.69, 9.17) is 0 Å². The molecule has 0 aliphatic carbocycles. The number of hydrogen-bond donors (Lipinski definition) is 0. The first-order chi connectivity index (χ1) is 36.1. The Morgan fingerprint density at radius 1 is 0.324 bits per heavy atom. The van der Waals surface area contributed by atoms with E-state index in [0.717, 1.165) is 41.5 Å². The Kier molecular flexibility index (Phi) is 12.1. The number of para-hydroxylation sites is 6. The lowest BCUT2D eigenvalue weighted by Crippen LogP contribution is -2.34. The normalized spacial score (nSPS) is 13.4. The van der Waals surface area contributed by atoms with Crippen molar-refractivity contribution in [2.45, 2.75) is 79.1 Å². The molecule has 5 nitrogen and oxygen atoms in total. The van der Waals surface area contributed by atoms with Gasteiger partial charge >= 0.3 is 0 Å². The molecule has 0 amide bonds. The lowest BCUT2D eigenvalue weighted by atomic mass is 9.90. The maximum Gasteiger partial charge on any atom is 0.187 e. The number of rotatable bonds is 12. The van der Waals surface area contributed by atoms with E-state index in [1.807, 2.05) is 0 Å². The van der Waals surface area contributed by atoms with Crippen LogP contribution in [0.5, 0.6) is 0 Å². The lowest BCUT2D eigenvalue weighted by molar-refractivity contribution is 0.799. The van der Waals surface area contributed by atoms with Crippen molar-refractivity contribution >= 4 is 72.0 Å². The van der Waals surface area contributed by atoms with Crippen LogP contribution in [0.4, 0.5) is 28.4 Å². The first-order valence-electron chi connectivity index (χ1n) is 26.8. The van der Waals surface area contributed by atoms with Crippen LogP contribution < -0.4 is 14.7 Å². The minimum atomic E-state index is 0.363. The van der Waals surface area contributed by atoms with E-state index in [9.17, 15) is 0 Å². The SMILES string of the molecule is CC(C)c1cccc(C(C)C)c1N1CCN(c2c(C(C)C)cccc2C(C)C)[C]1c1ccc(N(c2ccc3c(c2)c2ccccc2n3-c2ccccc2)c2ccc3c(c2)c2ccccc2n3-c2ccccc2)cc1. The molecule has 1 aliphatic heterocycles.